The van der Waals surface area contributed by atoms with Crippen molar-refractivity contribution in [3.05, 3.63) is 12.2 Å². The number of fused-ring (bicyclic) bond motifs is 1. The predicted octanol–water partition coefficient (Wildman–Crippen LogP) is 3.17. The molecule has 2 heterocycles. The Kier molecular flexibility index (Phi) is 2.66. The van der Waals surface area contributed by atoms with Crippen LogP contribution in [-0.2, 0) is 0 Å². The Morgan fingerprint density at radius 1 is 1.40 bits per heavy atom. The van der Waals surface area contributed by atoms with Gasteiger partial charge in [0.05, 0.1) is 0 Å². The van der Waals surface area contributed by atoms with Gasteiger partial charge in [-0.2, -0.15) is 0 Å². The summed E-state index contributed by atoms with van der Waals surface area (Å²) in [5, 5.41) is 0. The van der Waals surface area contributed by atoms with Crippen LogP contribution in [0.4, 0.5) is 4.39 Å². The predicted molar refractivity (Wildman–Crippen MR) is 61.6 cm³/mol. The Balaban J connectivity index is 2.14. The van der Waals surface area contributed by atoms with Gasteiger partial charge in [0, 0.05) is 18.5 Å². The first kappa shape index (κ1) is 11.1. The summed E-state index contributed by atoms with van der Waals surface area (Å²) in [4.78, 5) is 2.33. The maximum Gasteiger partial charge on any atom is 0.115 e. The molecule has 0 saturated carbocycles. The average Bonchev–Trinajstić information content (AvgIpc) is 2.55. The second-order valence-corrected chi connectivity index (χ2v) is 6.15. The number of hydrogen-bond donors (Lipinski definition) is 0. The highest BCUT2D eigenvalue weighted by Crippen LogP contribution is 2.41. The van der Waals surface area contributed by atoms with Gasteiger partial charge in [-0.1, -0.05) is 32.9 Å². The Hall–Kier alpha value is -0.370. The van der Waals surface area contributed by atoms with Crippen molar-refractivity contribution in [1.29, 1.82) is 0 Å². The quantitative estimate of drug-likeness (QED) is 0.602. The van der Waals surface area contributed by atoms with E-state index in [4.69, 9.17) is 0 Å². The van der Waals surface area contributed by atoms with Gasteiger partial charge >= 0.3 is 0 Å². The molecule has 2 atom stereocenters. The van der Waals surface area contributed by atoms with E-state index < -0.39 is 6.17 Å². The van der Waals surface area contributed by atoms with Crippen LogP contribution >= 0.6 is 0 Å². The highest BCUT2D eigenvalue weighted by molar-refractivity contribution is 5.17. The van der Waals surface area contributed by atoms with Crippen LogP contribution in [0.3, 0.4) is 0 Å². The smallest absolute Gasteiger partial charge is 0.115 e. The number of rotatable bonds is 1. The van der Waals surface area contributed by atoms with Crippen molar-refractivity contribution < 1.29 is 4.39 Å². The molecule has 0 spiro atoms. The molecule has 0 aromatic carbocycles. The molecule has 86 valence electrons. The number of allylic oxidation sites excluding steroid dienone is 1. The van der Waals surface area contributed by atoms with E-state index in [0.29, 0.717) is 13.0 Å². The molecule has 0 amide bonds. The van der Waals surface area contributed by atoms with E-state index in [2.05, 4.69) is 37.8 Å². The minimum absolute atomic E-state index is 0.0622. The summed E-state index contributed by atoms with van der Waals surface area (Å²) in [6.07, 6.45) is 6.99. The lowest BCUT2D eigenvalue weighted by atomic mass is 9.88. The molecule has 0 aliphatic carbocycles. The third kappa shape index (κ3) is 2.25. The molecule has 0 radical (unpaired) electrons. The molecule has 0 N–H and O–H groups in total. The van der Waals surface area contributed by atoms with E-state index in [1.165, 1.54) is 6.42 Å². The Labute approximate surface area is 92.3 Å². The van der Waals surface area contributed by atoms with Crippen molar-refractivity contribution >= 4 is 0 Å². The minimum atomic E-state index is -0.616. The van der Waals surface area contributed by atoms with Gasteiger partial charge in [-0.3, -0.25) is 4.90 Å². The molecule has 2 fully saturated rings. The fraction of sp³-hybridized carbons (Fsp3) is 0.846. The fourth-order valence-corrected chi connectivity index (χ4v) is 2.81. The minimum Gasteiger partial charge on any atom is -0.291 e. The number of nitrogens with zero attached hydrogens (tertiary/aromatic N) is 1. The molecular weight excluding hydrogens is 189 g/mol. The molecule has 2 rings (SSSR count). The first-order valence-electron chi connectivity index (χ1n) is 6.01. The van der Waals surface area contributed by atoms with Gasteiger partial charge in [0.15, 0.2) is 0 Å². The molecular formula is C13H22FN. The normalized spacial score (nSPS) is 37.7. The van der Waals surface area contributed by atoms with E-state index in [1.54, 1.807) is 0 Å². The van der Waals surface area contributed by atoms with Gasteiger partial charge in [0.25, 0.3) is 0 Å². The van der Waals surface area contributed by atoms with E-state index in [0.717, 1.165) is 13.0 Å². The van der Waals surface area contributed by atoms with Gasteiger partial charge < -0.3 is 0 Å². The molecule has 2 heteroatoms. The van der Waals surface area contributed by atoms with E-state index >= 15 is 0 Å². The summed E-state index contributed by atoms with van der Waals surface area (Å²) in [6, 6.07) is 0. The van der Waals surface area contributed by atoms with Crippen molar-refractivity contribution in [2.45, 2.75) is 51.7 Å². The zero-order chi connectivity index (χ0) is 11.1. The van der Waals surface area contributed by atoms with E-state index in [1.807, 2.05) is 0 Å². The standard InChI is InChI=1S/C13H22FN/c1-12(2,3)6-7-13-5-4-8-15(13)10-11(14)9-13/h6-7,11H,4-5,8-10H2,1-3H3/b7-6+. The fourth-order valence-electron chi connectivity index (χ4n) is 2.81. The molecule has 2 aliphatic heterocycles. The van der Waals surface area contributed by atoms with Crippen molar-refractivity contribution in [1.82, 2.24) is 4.90 Å². The van der Waals surface area contributed by atoms with Gasteiger partial charge in [0.2, 0.25) is 0 Å². The Bertz CT molecular complexity index is 266. The van der Waals surface area contributed by atoms with Crippen molar-refractivity contribution in [3.63, 3.8) is 0 Å². The number of alkyl halides is 1. The topological polar surface area (TPSA) is 3.24 Å². The number of halogens is 1. The summed E-state index contributed by atoms with van der Waals surface area (Å²) >= 11 is 0. The molecule has 0 aromatic heterocycles. The first-order chi connectivity index (χ1) is 6.91. The summed E-state index contributed by atoms with van der Waals surface area (Å²) < 4.78 is 13.4. The molecule has 0 bridgehead atoms. The highest BCUT2D eigenvalue weighted by Gasteiger charge is 2.46. The summed E-state index contributed by atoms with van der Waals surface area (Å²) in [6.45, 7) is 8.31. The largest absolute Gasteiger partial charge is 0.291 e. The monoisotopic (exact) mass is 211 g/mol. The zero-order valence-electron chi connectivity index (χ0n) is 10.1. The zero-order valence-corrected chi connectivity index (χ0v) is 10.1. The highest BCUT2D eigenvalue weighted by atomic mass is 19.1. The lowest BCUT2D eigenvalue weighted by Gasteiger charge is -2.29. The van der Waals surface area contributed by atoms with Gasteiger partial charge in [-0.05, 0) is 24.8 Å². The van der Waals surface area contributed by atoms with Crippen LogP contribution < -0.4 is 0 Å². The second kappa shape index (κ2) is 3.58. The van der Waals surface area contributed by atoms with Crippen molar-refractivity contribution in [2.24, 2.45) is 5.41 Å². The van der Waals surface area contributed by atoms with Crippen LogP contribution in [0.5, 0.6) is 0 Å². The third-order valence-corrected chi connectivity index (χ3v) is 3.55. The molecule has 0 aromatic rings. The van der Waals surface area contributed by atoms with Crippen LogP contribution in [0, 0.1) is 5.41 Å². The maximum atomic E-state index is 13.4. The lowest BCUT2D eigenvalue weighted by Crippen LogP contribution is -2.36. The molecule has 2 unspecified atom stereocenters. The Morgan fingerprint density at radius 3 is 2.80 bits per heavy atom. The summed E-state index contributed by atoms with van der Waals surface area (Å²) in [5.41, 5.74) is 0.268. The molecule has 2 aliphatic rings. The van der Waals surface area contributed by atoms with Crippen LogP contribution in [0.2, 0.25) is 0 Å². The average molecular weight is 211 g/mol. The van der Waals surface area contributed by atoms with Crippen LogP contribution in [-0.4, -0.2) is 29.7 Å². The van der Waals surface area contributed by atoms with Crippen molar-refractivity contribution in [3.8, 4) is 0 Å². The van der Waals surface area contributed by atoms with Crippen LogP contribution in [0.1, 0.15) is 40.0 Å². The Morgan fingerprint density at radius 2 is 2.13 bits per heavy atom. The van der Waals surface area contributed by atoms with E-state index in [9.17, 15) is 4.39 Å². The second-order valence-electron chi connectivity index (χ2n) is 6.15. The van der Waals surface area contributed by atoms with Crippen LogP contribution in [0.25, 0.3) is 0 Å². The summed E-state index contributed by atoms with van der Waals surface area (Å²) in [5.74, 6) is 0. The third-order valence-electron chi connectivity index (χ3n) is 3.55. The molecule has 2 saturated heterocycles. The first-order valence-corrected chi connectivity index (χ1v) is 6.01. The van der Waals surface area contributed by atoms with Gasteiger partial charge in [0.1, 0.15) is 6.17 Å². The van der Waals surface area contributed by atoms with Gasteiger partial charge in [-0.15, -0.1) is 0 Å². The molecule has 1 nitrogen and oxygen atoms in total. The van der Waals surface area contributed by atoms with Crippen LogP contribution in [0.15, 0.2) is 12.2 Å². The van der Waals surface area contributed by atoms with Gasteiger partial charge in [-0.25, -0.2) is 4.39 Å². The lowest BCUT2D eigenvalue weighted by molar-refractivity contribution is 0.245. The molecule has 15 heavy (non-hydrogen) atoms. The SMILES string of the molecule is CC(C)(C)/C=C/C12CCCN1CC(F)C2. The number of hydrogen-bond acceptors (Lipinski definition) is 1. The maximum absolute atomic E-state index is 13.4. The van der Waals surface area contributed by atoms with E-state index in [-0.39, 0.29) is 11.0 Å². The van der Waals surface area contributed by atoms with Crippen molar-refractivity contribution in [2.75, 3.05) is 13.1 Å². The summed E-state index contributed by atoms with van der Waals surface area (Å²) in [7, 11) is 0.